The van der Waals surface area contributed by atoms with Crippen LogP contribution in [0.4, 0.5) is 4.79 Å². The molecule has 5 heteroatoms. The summed E-state index contributed by atoms with van der Waals surface area (Å²) in [6.45, 7) is 0.655. The van der Waals surface area contributed by atoms with Gasteiger partial charge in [-0.15, -0.1) is 0 Å². The van der Waals surface area contributed by atoms with Crippen LogP contribution in [-0.4, -0.2) is 18.5 Å². The molecule has 2 heterocycles. The van der Waals surface area contributed by atoms with E-state index in [1.54, 1.807) is 0 Å². The van der Waals surface area contributed by atoms with E-state index in [4.69, 9.17) is 4.74 Å². The monoisotopic (exact) mass is 218 g/mol. The topological polar surface area (TPSA) is 67.4 Å². The Hall–Kier alpha value is -1.88. The average Bonchev–Trinajstić information content (AvgIpc) is 2.55. The summed E-state index contributed by atoms with van der Waals surface area (Å²) in [6.07, 6.45) is 0. The van der Waals surface area contributed by atoms with E-state index in [1.165, 1.54) is 0 Å². The molecule has 3 amide bonds. The van der Waals surface area contributed by atoms with Crippen molar-refractivity contribution >= 4 is 11.9 Å². The van der Waals surface area contributed by atoms with E-state index < -0.39 is 11.6 Å². The van der Waals surface area contributed by atoms with Crippen LogP contribution < -0.4 is 10.6 Å². The molecule has 0 aliphatic carbocycles. The van der Waals surface area contributed by atoms with E-state index in [-0.39, 0.29) is 12.5 Å². The first-order chi connectivity index (χ1) is 7.72. The van der Waals surface area contributed by atoms with Crippen LogP contribution in [0.2, 0.25) is 0 Å². The minimum atomic E-state index is -1.04. The molecular formula is C11H10N2O3. The lowest BCUT2D eigenvalue weighted by Crippen LogP contribution is -2.50. The van der Waals surface area contributed by atoms with Crippen LogP contribution in [0.3, 0.4) is 0 Å². The smallest absolute Gasteiger partial charge is 0.322 e. The number of nitrogens with one attached hydrogen (secondary N) is 2. The van der Waals surface area contributed by atoms with Crippen molar-refractivity contribution in [1.29, 1.82) is 0 Å². The molecule has 1 spiro atoms. The minimum absolute atomic E-state index is 0.182. The van der Waals surface area contributed by atoms with Crippen LogP contribution in [0.1, 0.15) is 11.1 Å². The van der Waals surface area contributed by atoms with Gasteiger partial charge in [0.25, 0.3) is 5.91 Å². The van der Waals surface area contributed by atoms with Crippen molar-refractivity contribution in [3.05, 3.63) is 35.4 Å². The molecule has 2 aliphatic heterocycles. The number of imide groups is 1. The second kappa shape index (κ2) is 3.05. The normalized spacial score (nSPS) is 27.5. The van der Waals surface area contributed by atoms with Crippen LogP contribution in [0.15, 0.2) is 24.3 Å². The van der Waals surface area contributed by atoms with Crippen molar-refractivity contribution in [1.82, 2.24) is 10.6 Å². The SMILES string of the molecule is O=C1NC(=O)C2(COCc3ccccc32)N1. The fraction of sp³-hybridized carbons (Fsp3) is 0.273. The summed E-state index contributed by atoms with van der Waals surface area (Å²) in [5.41, 5.74) is 0.724. The molecule has 0 aromatic heterocycles. The van der Waals surface area contributed by atoms with Crippen molar-refractivity contribution in [3.63, 3.8) is 0 Å². The largest absolute Gasteiger partial charge is 0.373 e. The van der Waals surface area contributed by atoms with Crippen LogP contribution in [-0.2, 0) is 21.7 Å². The maximum atomic E-state index is 11.8. The van der Waals surface area contributed by atoms with Gasteiger partial charge in [-0.05, 0) is 11.1 Å². The average molecular weight is 218 g/mol. The van der Waals surface area contributed by atoms with Crippen molar-refractivity contribution in [2.45, 2.75) is 12.1 Å². The minimum Gasteiger partial charge on any atom is -0.373 e. The molecule has 16 heavy (non-hydrogen) atoms. The van der Waals surface area contributed by atoms with Gasteiger partial charge in [-0.3, -0.25) is 10.1 Å². The van der Waals surface area contributed by atoms with Gasteiger partial charge in [0.1, 0.15) is 0 Å². The van der Waals surface area contributed by atoms with Gasteiger partial charge in [0.2, 0.25) is 0 Å². The highest BCUT2D eigenvalue weighted by molar-refractivity contribution is 6.07. The van der Waals surface area contributed by atoms with E-state index >= 15 is 0 Å². The highest BCUT2D eigenvalue weighted by Gasteiger charge is 2.50. The number of ether oxygens (including phenoxy) is 1. The molecule has 2 aliphatic rings. The Balaban J connectivity index is 2.17. The van der Waals surface area contributed by atoms with Crippen molar-refractivity contribution in [2.75, 3.05) is 6.61 Å². The van der Waals surface area contributed by atoms with E-state index in [9.17, 15) is 9.59 Å². The Morgan fingerprint density at radius 2 is 2.06 bits per heavy atom. The molecule has 1 unspecified atom stereocenters. The van der Waals surface area contributed by atoms with Crippen LogP contribution >= 0.6 is 0 Å². The molecule has 1 saturated heterocycles. The van der Waals surface area contributed by atoms with Crippen molar-refractivity contribution in [2.24, 2.45) is 0 Å². The molecule has 1 fully saturated rings. The Morgan fingerprint density at radius 3 is 2.81 bits per heavy atom. The lowest BCUT2D eigenvalue weighted by Gasteiger charge is -2.32. The van der Waals surface area contributed by atoms with Gasteiger partial charge in [0, 0.05) is 0 Å². The summed E-state index contributed by atoms with van der Waals surface area (Å²) in [7, 11) is 0. The number of hydrogen-bond acceptors (Lipinski definition) is 3. The molecule has 0 bridgehead atoms. The van der Waals surface area contributed by atoms with Gasteiger partial charge in [0.05, 0.1) is 13.2 Å². The number of amides is 3. The van der Waals surface area contributed by atoms with Crippen molar-refractivity contribution < 1.29 is 14.3 Å². The highest BCUT2D eigenvalue weighted by atomic mass is 16.5. The third kappa shape index (κ3) is 1.09. The Bertz CT molecular complexity index is 486. The van der Waals surface area contributed by atoms with E-state index in [1.807, 2.05) is 24.3 Å². The van der Waals surface area contributed by atoms with Gasteiger partial charge < -0.3 is 10.1 Å². The number of carbonyl (C=O) groups excluding carboxylic acids is 2. The van der Waals surface area contributed by atoms with Gasteiger partial charge in [0.15, 0.2) is 5.54 Å². The maximum absolute atomic E-state index is 11.8. The molecule has 3 rings (SSSR count). The van der Waals surface area contributed by atoms with Crippen LogP contribution in [0.5, 0.6) is 0 Å². The molecule has 82 valence electrons. The fourth-order valence-corrected chi connectivity index (χ4v) is 2.24. The van der Waals surface area contributed by atoms with Crippen LogP contribution in [0.25, 0.3) is 0 Å². The maximum Gasteiger partial charge on any atom is 0.322 e. The lowest BCUT2D eigenvalue weighted by atomic mass is 9.85. The predicted molar refractivity (Wildman–Crippen MR) is 54.5 cm³/mol. The van der Waals surface area contributed by atoms with E-state index in [0.29, 0.717) is 6.61 Å². The Kier molecular flexibility index (Phi) is 1.79. The third-order valence-electron chi connectivity index (χ3n) is 2.99. The Morgan fingerprint density at radius 1 is 1.25 bits per heavy atom. The number of fused-ring (bicyclic) bond motifs is 2. The molecule has 1 atom stereocenters. The first-order valence-electron chi connectivity index (χ1n) is 5.02. The molecule has 2 N–H and O–H groups in total. The number of carbonyl (C=O) groups is 2. The quantitative estimate of drug-likeness (QED) is 0.613. The molecule has 1 aromatic carbocycles. The summed E-state index contributed by atoms with van der Waals surface area (Å²) in [6, 6.07) is 7.02. The molecule has 0 saturated carbocycles. The van der Waals surface area contributed by atoms with Gasteiger partial charge in [-0.25, -0.2) is 4.79 Å². The van der Waals surface area contributed by atoms with Gasteiger partial charge in [-0.1, -0.05) is 24.3 Å². The zero-order chi connectivity index (χ0) is 11.2. The number of urea groups is 1. The Labute approximate surface area is 91.8 Å². The number of rotatable bonds is 0. The first kappa shape index (κ1) is 9.35. The third-order valence-corrected chi connectivity index (χ3v) is 2.99. The summed E-state index contributed by atoms with van der Waals surface area (Å²) in [5.74, 6) is -0.343. The molecule has 5 nitrogen and oxygen atoms in total. The number of benzene rings is 1. The summed E-state index contributed by atoms with van der Waals surface area (Å²) < 4.78 is 5.38. The second-order valence-electron chi connectivity index (χ2n) is 3.96. The van der Waals surface area contributed by atoms with Crippen molar-refractivity contribution in [3.8, 4) is 0 Å². The fourth-order valence-electron chi connectivity index (χ4n) is 2.24. The van der Waals surface area contributed by atoms with Gasteiger partial charge >= 0.3 is 6.03 Å². The summed E-state index contributed by atoms with van der Waals surface area (Å²) in [5, 5.41) is 4.90. The predicted octanol–water partition coefficient (Wildman–Crippen LogP) is 0.251. The highest BCUT2D eigenvalue weighted by Crippen LogP contribution is 2.32. The molecular weight excluding hydrogens is 208 g/mol. The second-order valence-corrected chi connectivity index (χ2v) is 3.96. The molecule has 1 aromatic rings. The summed E-state index contributed by atoms with van der Waals surface area (Å²) in [4.78, 5) is 23.1. The molecule has 0 radical (unpaired) electrons. The van der Waals surface area contributed by atoms with Gasteiger partial charge in [-0.2, -0.15) is 0 Å². The van der Waals surface area contributed by atoms with E-state index in [2.05, 4.69) is 10.6 Å². The standard InChI is InChI=1S/C11H10N2O3/c14-9-11(13-10(15)12-9)6-16-5-7-3-1-2-4-8(7)11/h1-4H,5-6H2,(H2,12,13,14,15). The zero-order valence-corrected chi connectivity index (χ0v) is 8.45. The zero-order valence-electron chi connectivity index (χ0n) is 8.45. The summed E-state index contributed by atoms with van der Waals surface area (Å²) >= 11 is 0. The first-order valence-corrected chi connectivity index (χ1v) is 5.02. The van der Waals surface area contributed by atoms with E-state index in [0.717, 1.165) is 11.1 Å². The lowest BCUT2D eigenvalue weighted by molar-refractivity contribution is -0.127. The van der Waals surface area contributed by atoms with Crippen LogP contribution in [0, 0.1) is 0 Å². The number of hydrogen-bond donors (Lipinski definition) is 2.